The summed E-state index contributed by atoms with van der Waals surface area (Å²) in [6.45, 7) is 4.29. The van der Waals surface area contributed by atoms with Crippen molar-refractivity contribution in [3.05, 3.63) is 52.3 Å². The third-order valence-corrected chi connectivity index (χ3v) is 4.82. The standard InChI is InChI=1S/C18H18Cl2N4O2/c1-12(25)23-4-6-24(7-5-23)15-8-13(10-21-11-15)18(26)22-17-9-14(19)2-3-16(17)20/h2-3,8-11H,4-7H2,1H3,(H,22,26). The Morgan fingerprint density at radius 3 is 2.50 bits per heavy atom. The van der Waals surface area contributed by atoms with Crippen LogP contribution < -0.4 is 10.2 Å². The lowest BCUT2D eigenvalue weighted by Gasteiger charge is -2.35. The molecule has 6 nitrogen and oxygen atoms in total. The minimum atomic E-state index is -0.314. The third-order valence-electron chi connectivity index (χ3n) is 4.25. The number of carbonyl (C=O) groups excluding carboxylic acids is 2. The Labute approximate surface area is 161 Å². The number of anilines is 2. The lowest BCUT2D eigenvalue weighted by atomic mass is 10.2. The molecule has 1 N–H and O–H groups in total. The van der Waals surface area contributed by atoms with E-state index in [1.807, 2.05) is 4.90 Å². The van der Waals surface area contributed by atoms with Gasteiger partial charge in [-0.25, -0.2) is 0 Å². The van der Waals surface area contributed by atoms with Crippen LogP contribution >= 0.6 is 23.2 Å². The fourth-order valence-electron chi connectivity index (χ4n) is 2.79. The number of nitrogens with one attached hydrogen (secondary N) is 1. The van der Waals surface area contributed by atoms with Crippen LogP contribution in [-0.2, 0) is 4.79 Å². The van der Waals surface area contributed by atoms with E-state index in [2.05, 4.69) is 15.2 Å². The van der Waals surface area contributed by atoms with Gasteiger partial charge < -0.3 is 15.1 Å². The number of hydrogen-bond acceptors (Lipinski definition) is 4. The Morgan fingerprint density at radius 1 is 1.08 bits per heavy atom. The van der Waals surface area contributed by atoms with Crippen molar-refractivity contribution in [2.45, 2.75) is 6.92 Å². The van der Waals surface area contributed by atoms with Crippen molar-refractivity contribution >= 4 is 46.4 Å². The number of amides is 2. The molecule has 2 heterocycles. The molecule has 1 aliphatic rings. The van der Waals surface area contributed by atoms with Gasteiger partial charge in [-0.3, -0.25) is 14.6 Å². The zero-order valence-corrected chi connectivity index (χ0v) is 15.7. The summed E-state index contributed by atoms with van der Waals surface area (Å²) in [6.07, 6.45) is 3.22. The van der Waals surface area contributed by atoms with Crippen molar-refractivity contribution in [2.24, 2.45) is 0 Å². The van der Waals surface area contributed by atoms with E-state index < -0.39 is 0 Å². The zero-order valence-electron chi connectivity index (χ0n) is 14.2. The molecule has 0 bridgehead atoms. The van der Waals surface area contributed by atoms with Crippen molar-refractivity contribution in [3.8, 4) is 0 Å². The Kier molecular flexibility index (Phi) is 5.64. The topological polar surface area (TPSA) is 65.5 Å². The van der Waals surface area contributed by atoms with E-state index in [1.54, 1.807) is 37.4 Å². The minimum absolute atomic E-state index is 0.0781. The summed E-state index contributed by atoms with van der Waals surface area (Å²) in [5, 5.41) is 3.65. The molecule has 3 rings (SSSR count). The molecule has 26 heavy (non-hydrogen) atoms. The average Bonchev–Trinajstić information content (AvgIpc) is 2.65. The van der Waals surface area contributed by atoms with Crippen LogP contribution in [0.15, 0.2) is 36.7 Å². The van der Waals surface area contributed by atoms with Gasteiger partial charge in [0.25, 0.3) is 5.91 Å². The maximum Gasteiger partial charge on any atom is 0.257 e. The van der Waals surface area contributed by atoms with Gasteiger partial charge in [0.1, 0.15) is 0 Å². The normalized spacial score (nSPS) is 14.3. The van der Waals surface area contributed by atoms with Gasteiger partial charge in [0.2, 0.25) is 5.91 Å². The van der Waals surface area contributed by atoms with E-state index in [0.717, 1.165) is 5.69 Å². The number of aromatic nitrogens is 1. The maximum absolute atomic E-state index is 12.5. The average molecular weight is 393 g/mol. The highest BCUT2D eigenvalue weighted by Gasteiger charge is 2.20. The van der Waals surface area contributed by atoms with E-state index >= 15 is 0 Å². The van der Waals surface area contributed by atoms with Gasteiger partial charge in [0.05, 0.1) is 28.2 Å². The van der Waals surface area contributed by atoms with Crippen LogP contribution in [0.1, 0.15) is 17.3 Å². The summed E-state index contributed by atoms with van der Waals surface area (Å²) >= 11 is 12.0. The molecule has 0 radical (unpaired) electrons. The second-order valence-electron chi connectivity index (χ2n) is 6.00. The molecule has 0 atom stereocenters. The highest BCUT2D eigenvalue weighted by Crippen LogP contribution is 2.26. The van der Waals surface area contributed by atoms with Crippen molar-refractivity contribution < 1.29 is 9.59 Å². The SMILES string of the molecule is CC(=O)N1CCN(c2cncc(C(=O)Nc3cc(Cl)ccc3Cl)c2)CC1. The summed E-state index contributed by atoms with van der Waals surface area (Å²) in [7, 11) is 0. The molecule has 0 unspecified atom stereocenters. The Balaban J connectivity index is 1.72. The molecule has 1 aliphatic heterocycles. The number of piperazine rings is 1. The summed E-state index contributed by atoms with van der Waals surface area (Å²) < 4.78 is 0. The summed E-state index contributed by atoms with van der Waals surface area (Å²) in [6, 6.07) is 6.66. The zero-order chi connectivity index (χ0) is 18.7. The summed E-state index contributed by atoms with van der Waals surface area (Å²) in [5.41, 5.74) is 1.72. The van der Waals surface area contributed by atoms with Gasteiger partial charge >= 0.3 is 0 Å². The van der Waals surface area contributed by atoms with Crippen LogP contribution in [0.2, 0.25) is 10.0 Å². The molecular weight excluding hydrogens is 375 g/mol. The number of carbonyl (C=O) groups is 2. The molecule has 1 fully saturated rings. The molecule has 0 saturated carbocycles. The van der Waals surface area contributed by atoms with Crippen LogP contribution in [0.3, 0.4) is 0 Å². The number of nitrogens with zero attached hydrogens (tertiary/aromatic N) is 3. The van der Waals surface area contributed by atoms with Crippen LogP contribution in [-0.4, -0.2) is 47.9 Å². The second-order valence-corrected chi connectivity index (χ2v) is 6.85. The van der Waals surface area contributed by atoms with Gasteiger partial charge in [0, 0.05) is 44.3 Å². The monoisotopic (exact) mass is 392 g/mol. The second kappa shape index (κ2) is 7.93. The van der Waals surface area contributed by atoms with Crippen LogP contribution in [0.4, 0.5) is 11.4 Å². The lowest BCUT2D eigenvalue weighted by molar-refractivity contribution is -0.129. The largest absolute Gasteiger partial charge is 0.367 e. The van der Waals surface area contributed by atoms with Crippen molar-refractivity contribution in [2.75, 3.05) is 36.4 Å². The van der Waals surface area contributed by atoms with Crippen LogP contribution in [0.5, 0.6) is 0 Å². The number of pyridine rings is 1. The van der Waals surface area contributed by atoms with E-state index in [4.69, 9.17) is 23.2 Å². The molecule has 2 amide bonds. The van der Waals surface area contributed by atoms with E-state index in [-0.39, 0.29) is 11.8 Å². The molecule has 1 aromatic carbocycles. The number of halogens is 2. The predicted octanol–water partition coefficient (Wildman–Crippen LogP) is 3.31. The third kappa shape index (κ3) is 4.26. The van der Waals surface area contributed by atoms with Gasteiger partial charge in [-0.15, -0.1) is 0 Å². The highest BCUT2D eigenvalue weighted by atomic mass is 35.5. The fourth-order valence-corrected chi connectivity index (χ4v) is 3.13. The van der Waals surface area contributed by atoms with Crippen molar-refractivity contribution in [3.63, 3.8) is 0 Å². The molecule has 0 aliphatic carbocycles. The van der Waals surface area contributed by atoms with E-state index in [0.29, 0.717) is 47.5 Å². The van der Waals surface area contributed by atoms with E-state index in [1.165, 1.54) is 6.20 Å². The highest BCUT2D eigenvalue weighted by molar-refractivity contribution is 6.35. The van der Waals surface area contributed by atoms with Gasteiger partial charge in [-0.1, -0.05) is 23.2 Å². The van der Waals surface area contributed by atoms with Crippen molar-refractivity contribution in [1.29, 1.82) is 0 Å². The first kappa shape index (κ1) is 18.5. The first-order chi connectivity index (χ1) is 12.4. The van der Waals surface area contributed by atoms with Gasteiger partial charge in [-0.2, -0.15) is 0 Å². The molecular formula is C18H18Cl2N4O2. The first-order valence-corrected chi connectivity index (χ1v) is 8.91. The first-order valence-electron chi connectivity index (χ1n) is 8.16. The van der Waals surface area contributed by atoms with Crippen LogP contribution in [0.25, 0.3) is 0 Å². The number of benzene rings is 1. The molecule has 1 saturated heterocycles. The molecule has 1 aromatic heterocycles. The summed E-state index contributed by atoms with van der Waals surface area (Å²) in [4.78, 5) is 32.1. The molecule has 0 spiro atoms. The Hall–Kier alpha value is -2.31. The number of hydrogen-bond donors (Lipinski definition) is 1. The lowest BCUT2D eigenvalue weighted by Crippen LogP contribution is -2.48. The predicted molar refractivity (Wildman–Crippen MR) is 103 cm³/mol. The van der Waals surface area contributed by atoms with Gasteiger partial charge in [0.15, 0.2) is 0 Å². The summed E-state index contributed by atoms with van der Waals surface area (Å²) in [5.74, 6) is -0.236. The maximum atomic E-state index is 12.5. The van der Waals surface area contributed by atoms with Gasteiger partial charge in [-0.05, 0) is 24.3 Å². The smallest absolute Gasteiger partial charge is 0.257 e. The fraction of sp³-hybridized carbons (Fsp3) is 0.278. The van der Waals surface area contributed by atoms with E-state index in [9.17, 15) is 9.59 Å². The Bertz CT molecular complexity index is 836. The quantitative estimate of drug-likeness (QED) is 0.869. The molecule has 2 aromatic rings. The van der Waals surface area contributed by atoms with Crippen LogP contribution in [0, 0.1) is 0 Å². The molecule has 8 heteroatoms. The number of rotatable bonds is 3. The molecule has 136 valence electrons. The minimum Gasteiger partial charge on any atom is -0.367 e. The van der Waals surface area contributed by atoms with Crippen molar-refractivity contribution in [1.82, 2.24) is 9.88 Å². The Morgan fingerprint density at radius 2 is 1.81 bits per heavy atom.